The van der Waals surface area contributed by atoms with Crippen LogP contribution >= 0.6 is 0 Å². The van der Waals surface area contributed by atoms with Crippen LogP contribution in [0.15, 0.2) is 24.3 Å². The minimum Gasteiger partial charge on any atom is -0.278 e. The molecule has 0 aromatic rings. The lowest BCUT2D eigenvalue weighted by atomic mass is 10.2. The Bertz CT molecular complexity index is 350. The van der Waals surface area contributed by atoms with Gasteiger partial charge in [-0.2, -0.15) is 0 Å². The molecule has 1 rings (SSSR count). The van der Waals surface area contributed by atoms with Crippen LogP contribution in [0.5, 0.6) is 0 Å². The summed E-state index contributed by atoms with van der Waals surface area (Å²) in [6.45, 7) is 11.1. The Hall–Kier alpha value is -1.16. The van der Waals surface area contributed by atoms with E-state index in [9.17, 15) is 9.59 Å². The summed E-state index contributed by atoms with van der Waals surface area (Å²) in [7, 11) is -1.07. The summed E-state index contributed by atoms with van der Waals surface area (Å²) in [5.74, 6) is -0.149. The molecule has 0 aromatic heterocycles. The molecule has 0 radical (unpaired) electrons. The quantitative estimate of drug-likeness (QED) is 0.428. The predicted molar refractivity (Wildman–Crippen MR) is 72.4 cm³/mol. The average Bonchev–Trinajstić information content (AvgIpc) is 2.47. The molecular formula is C13H21NO2Si. The van der Waals surface area contributed by atoms with E-state index in [4.69, 9.17) is 0 Å². The van der Waals surface area contributed by atoms with Gasteiger partial charge in [0.1, 0.15) is 0 Å². The van der Waals surface area contributed by atoms with Crippen LogP contribution < -0.4 is 0 Å². The van der Waals surface area contributed by atoms with Gasteiger partial charge in [0.05, 0.1) is 6.54 Å². The number of allylic oxidation sites excluding steroid dienone is 1. The third-order valence-corrected chi connectivity index (χ3v) is 4.06. The van der Waals surface area contributed by atoms with Crippen LogP contribution in [0.2, 0.25) is 25.7 Å². The summed E-state index contributed by atoms with van der Waals surface area (Å²) in [5.41, 5.74) is 0.826. The Balaban J connectivity index is 2.45. The van der Waals surface area contributed by atoms with Crippen LogP contribution in [0, 0.1) is 0 Å². The van der Waals surface area contributed by atoms with Gasteiger partial charge < -0.3 is 0 Å². The molecule has 0 aliphatic carbocycles. The lowest BCUT2D eigenvalue weighted by Gasteiger charge is -2.14. The van der Waals surface area contributed by atoms with Crippen molar-refractivity contribution in [2.24, 2.45) is 0 Å². The highest BCUT2D eigenvalue weighted by Gasteiger charge is 2.28. The van der Waals surface area contributed by atoms with E-state index in [1.165, 1.54) is 4.90 Å². The van der Waals surface area contributed by atoms with Crippen molar-refractivity contribution in [2.45, 2.75) is 38.5 Å². The summed E-state index contributed by atoms with van der Waals surface area (Å²) < 4.78 is 0. The molecule has 0 saturated carbocycles. The van der Waals surface area contributed by atoms with Gasteiger partial charge in [-0.05, 0) is 11.6 Å². The average molecular weight is 251 g/mol. The normalized spacial score (nSPS) is 17.2. The molecule has 1 heterocycles. The zero-order valence-electron chi connectivity index (χ0n) is 11.0. The summed E-state index contributed by atoms with van der Waals surface area (Å²) in [6, 6.07) is 1.09. The van der Waals surface area contributed by atoms with Crippen LogP contribution in [0.3, 0.4) is 0 Å². The Labute approximate surface area is 104 Å². The molecule has 4 heteroatoms. The van der Waals surface area contributed by atoms with Crippen molar-refractivity contribution < 1.29 is 9.59 Å². The van der Waals surface area contributed by atoms with E-state index in [1.807, 2.05) is 6.08 Å². The maximum Gasteiger partial charge on any atom is 0.229 e. The van der Waals surface area contributed by atoms with E-state index in [0.29, 0.717) is 19.4 Å². The van der Waals surface area contributed by atoms with E-state index in [-0.39, 0.29) is 11.8 Å². The number of likely N-dealkylation sites (tertiary alicyclic amines) is 1. The predicted octanol–water partition coefficient (Wildman–Crippen LogP) is 2.59. The molecule has 0 unspecified atom stereocenters. The number of hydrogen-bond acceptors (Lipinski definition) is 2. The number of nitrogens with zero attached hydrogens (tertiary/aromatic N) is 1. The lowest BCUT2D eigenvalue weighted by Crippen LogP contribution is -2.30. The highest BCUT2D eigenvalue weighted by molar-refractivity contribution is 6.76. The van der Waals surface area contributed by atoms with Gasteiger partial charge in [-0.3, -0.25) is 14.5 Å². The summed E-state index contributed by atoms with van der Waals surface area (Å²) in [4.78, 5) is 24.1. The second-order valence-corrected chi connectivity index (χ2v) is 11.2. The zero-order valence-corrected chi connectivity index (χ0v) is 12.0. The molecular weight excluding hydrogens is 230 g/mol. The van der Waals surface area contributed by atoms with Crippen molar-refractivity contribution in [2.75, 3.05) is 6.54 Å². The van der Waals surface area contributed by atoms with Crippen LogP contribution in [0.25, 0.3) is 0 Å². The molecule has 1 aliphatic heterocycles. The van der Waals surface area contributed by atoms with Crippen molar-refractivity contribution in [1.29, 1.82) is 0 Å². The van der Waals surface area contributed by atoms with Gasteiger partial charge in [0.25, 0.3) is 0 Å². The van der Waals surface area contributed by atoms with Crippen molar-refractivity contribution in [3.05, 3.63) is 24.3 Å². The number of imide groups is 1. The van der Waals surface area contributed by atoms with Crippen molar-refractivity contribution in [3.63, 3.8) is 0 Å². The van der Waals surface area contributed by atoms with E-state index in [1.54, 1.807) is 0 Å². The maximum absolute atomic E-state index is 11.4. The maximum atomic E-state index is 11.4. The van der Waals surface area contributed by atoms with E-state index < -0.39 is 8.07 Å². The minimum absolute atomic E-state index is 0.0743. The molecule has 1 saturated heterocycles. The highest BCUT2D eigenvalue weighted by Crippen LogP contribution is 2.14. The summed E-state index contributed by atoms with van der Waals surface area (Å²) >= 11 is 0. The molecule has 0 N–H and O–H groups in total. The van der Waals surface area contributed by atoms with Gasteiger partial charge in [-0.1, -0.05) is 38.4 Å². The zero-order chi connectivity index (χ0) is 13.1. The Morgan fingerprint density at radius 2 is 1.82 bits per heavy atom. The van der Waals surface area contributed by atoms with Gasteiger partial charge in [-0.25, -0.2) is 0 Å². The summed E-state index contributed by atoms with van der Waals surface area (Å²) in [5, 5.41) is 0. The Morgan fingerprint density at radius 3 is 2.29 bits per heavy atom. The number of carbonyl (C=O) groups excluding carboxylic acids is 2. The van der Waals surface area contributed by atoms with Gasteiger partial charge in [0.15, 0.2) is 0 Å². The molecule has 0 spiro atoms. The Morgan fingerprint density at radius 1 is 1.29 bits per heavy atom. The Kier molecular flexibility index (Phi) is 4.45. The molecule has 1 fully saturated rings. The molecule has 0 atom stereocenters. The molecule has 0 aromatic carbocycles. The second-order valence-electron chi connectivity index (χ2n) is 5.70. The SMILES string of the molecule is C=C(/C=C/C[Si](C)(C)C)CN1C(=O)CCC1=O. The smallest absolute Gasteiger partial charge is 0.229 e. The third-order valence-electron chi connectivity index (χ3n) is 2.60. The van der Waals surface area contributed by atoms with Crippen LogP contribution in [-0.2, 0) is 9.59 Å². The monoisotopic (exact) mass is 251 g/mol. The first-order valence-electron chi connectivity index (χ1n) is 5.97. The van der Waals surface area contributed by atoms with Gasteiger partial charge in [0.2, 0.25) is 11.8 Å². The van der Waals surface area contributed by atoms with Gasteiger partial charge in [0, 0.05) is 20.9 Å². The van der Waals surface area contributed by atoms with E-state index >= 15 is 0 Å². The first-order chi connectivity index (χ1) is 7.79. The third kappa shape index (κ3) is 4.69. The second kappa shape index (κ2) is 5.45. The van der Waals surface area contributed by atoms with E-state index in [0.717, 1.165) is 11.6 Å². The molecule has 0 bridgehead atoms. The first-order valence-corrected chi connectivity index (χ1v) is 9.68. The van der Waals surface area contributed by atoms with Crippen LogP contribution in [0.4, 0.5) is 0 Å². The minimum atomic E-state index is -1.07. The number of hydrogen-bond donors (Lipinski definition) is 0. The molecule has 17 heavy (non-hydrogen) atoms. The standard InChI is InChI=1S/C13H21NO2Si/c1-11(6-5-9-17(2,3)4)10-14-12(15)7-8-13(14)16/h5-6H,1,7-10H2,2-4H3/b6-5+. The number of carbonyl (C=O) groups is 2. The largest absolute Gasteiger partial charge is 0.278 e. The fourth-order valence-electron chi connectivity index (χ4n) is 1.63. The molecule has 2 amide bonds. The van der Waals surface area contributed by atoms with Gasteiger partial charge >= 0.3 is 0 Å². The van der Waals surface area contributed by atoms with Crippen LogP contribution in [0.1, 0.15) is 12.8 Å². The molecule has 1 aliphatic rings. The number of amides is 2. The van der Waals surface area contributed by atoms with Crippen molar-refractivity contribution >= 4 is 19.9 Å². The van der Waals surface area contributed by atoms with Crippen molar-refractivity contribution in [3.8, 4) is 0 Å². The fourth-order valence-corrected chi connectivity index (χ4v) is 2.46. The number of rotatable bonds is 5. The summed E-state index contributed by atoms with van der Waals surface area (Å²) in [6.07, 6.45) is 4.76. The molecule has 3 nitrogen and oxygen atoms in total. The van der Waals surface area contributed by atoms with Crippen molar-refractivity contribution in [1.82, 2.24) is 4.90 Å². The first kappa shape index (κ1) is 13.9. The fraction of sp³-hybridized carbons (Fsp3) is 0.538. The molecule has 94 valence electrons. The van der Waals surface area contributed by atoms with Gasteiger partial charge in [-0.15, -0.1) is 0 Å². The topological polar surface area (TPSA) is 37.4 Å². The highest BCUT2D eigenvalue weighted by atomic mass is 28.3. The van der Waals surface area contributed by atoms with E-state index in [2.05, 4.69) is 32.3 Å². The lowest BCUT2D eigenvalue weighted by molar-refractivity contribution is -0.137. The van der Waals surface area contributed by atoms with Crippen LogP contribution in [-0.4, -0.2) is 31.3 Å².